The van der Waals surface area contributed by atoms with Crippen LogP contribution in [0.5, 0.6) is 0 Å². The highest BCUT2D eigenvalue weighted by molar-refractivity contribution is 5.57. The predicted octanol–water partition coefficient (Wildman–Crippen LogP) is 1.50. The number of aryl methyl sites for hydroxylation is 1. The highest BCUT2D eigenvalue weighted by atomic mass is 16.1. The van der Waals surface area contributed by atoms with Gasteiger partial charge in [0.2, 0.25) is 0 Å². The molecule has 2 aromatic heterocycles. The SMILES string of the molecule is C=CCc1ccnc(-c2c[nH]n(C)c2=O)c1. The fourth-order valence-corrected chi connectivity index (χ4v) is 1.56. The molecule has 82 valence electrons. The first-order valence-electron chi connectivity index (χ1n) is 5.03. The molecule has 0 amide bonds. The van der Waals surface area contributed by atoms with Crippen molar-refractivity contribution in [1.29, 1.82) is 0 Å². The summed E-state index contributed by atoms with van der Waals surface area (Å²) in [6.07, 6.45) is 5.98. The number of nitrogens with zero attached hydrogens (tertiary/aromatic N) is 2. The molecule has 0 radical (unpaired) electrons. The lowest BCUT2D eigenvalue weighted by Crippen LogP contribution is -2.13. The van der Waals surface area contributed by atoms with Crippen molar-refractivity contribution < 1.29 is 0 Å². The molecule has 16 heavy (non-hydrogen) atoms. The fourth-order valence-electron chi connectivity index (χ4n) is 1.56. The van der Waals surface area contributed by atoms with Gasteiger partial charge < -0.3 is 5.10 Å². The van der Waals surface area contributed by atoms with Gasteiger partial charge in [0.25, 0.3) is 5.56 Å². The van der Waals surface area contributed by atoms with Crippen LogP contribution < -0.4 is 5.56 Å². The second kappa shape index (κ2) is 4.18. The number of pyridine rings is 1. The van der Waals surface area contributed by atoms with Gasteiger partial charge in [-0.3, -0.25) is 14.5 Å². The monoisotopic (exact) mass is 215 g/mol. The van der Waals surface area contributed by atoms with Crippen LogP contribution in [-0.4, -0.2) is 14.8 Å². The molecule has 0 saturated heterocycles. The van der Waals surface area contributed by atoms with E-state index in [4.69, 9.17) is 0 Å². The van der Waals surface area contributed by atoms with Crippen molar-refractivity contribution in [3.05, 3.63) is 53.1 Å². The molecule has 2 heterocycles. The van der Waals surface area contributed by atoms with E-state index in [0.29, 0.717) is 11.3 Å². The van der Waals surface area contributed by atoms with Crippen LogP contribution in [-0.2, 0) is 13.5 Å². The molecule has 0 spiro atoms. The molecule has 0 unspecified atom stereocenters. The zero-order chi connectivity index (χ0) is 11.5. The van der Waals surface area contributed by atoms with Crippen molar-refractivity contribution >= 4 is 0 Å². The molecule has 0 aliphatic heterocycles. The summed E-state index contributed by atoms with van der Waals surface area (Å²) in [5, 5.41) is 2.83. The highest BCUT2D eigenvalue weighted by Gasteiger charge is 2.07. The van der Waals surface area contributed by atoms with E-state index < -0.39 is 0 Å². The summed E-state index contributed by atoms with van der Waals surface area (Å²) in [5.74, 6) is 0. The third-order valence-electron chi connectivity index (χ3n) is 2.42. The largest absolute Gasteiger partial charge is 0.302 e. The van der Waals surface area contributed by atoms with Crippen LogP contribution in [0.3, 0.4) is 0 Å². The number of allylic oxidation sites excluding steroid dienone is 1. The number of hydrogen-bond donors (Lipinski definition) is 1. The Morgan fingerprint density at radius 3 is 3.06 bits per heavy atom. The van der Waals surface area contributed by atoms with E-state index in [1.54, 1.807) is 19.4 Å². The van der Waals surface area contributed by atoms with E-state index in [1.165, 1.54) is 4.68 Å². The number of H-pyrrole nitrogens is 1. The van der Waals surface area contributed by atoms with Crippen LogP contribution in [0.15, 0.2) is 42.0 Å². The molecule has 0 aromatic carbocycles. The Morgan fingerprint density at radius 1 is 1.62 bits per heavy atom. The minimum Gasteiger partial charge on any atom is -0.302 e. The fraction of sp³-hybridized carbons (Fsp3) is 0.167. The van der Waals surface area contributed by atoms with Crippen molar-refractivity contribution in [2.24, 2.45) is 7.05 Å². The van der Waals surface area contributed by atoms with E-state index in [0.717, 1.165) is 12.0 Å². The van der Waals surface area contributed by atoms with E-state index in [1.807, 2.05) is 18.2 Å². The first kappa shape index (κ1) is 10.4. The standard InChI is InChI=1S/C12H13N3O/c1-3-4-9-5-6-13-11(7-9)10-8-14-15(2)12(10)16/h3,5-8,14H,1,4H2,2H3. The Labute approximate surface area is 93.2 Å². The van der Waals surface area contributed by atoms with Crippen molar-refractivity contribution in [2.75, 3.05) is 0 Å². The van der Waals surface area contributed by atoms with Gasteiger partial charge >= 0.3 is 0 Å². The van der Waals surface area contributed by atoms with Gasteiger partial charge in [-0.15, -0.1) is 6.58 Å². The van der Waals surface area contributed by atoms with Crippen LogP contribution in [0.25, 0.3) is 11.3 Å². The molecular weight excluding hydrogens is 202 g/mol. The Morgan fingerprint density at radius 2 is 2.44 bits per heavy atom. The maximum Gasteiger partial charge on any atom is 0.275 e. The third kappa shape index (κ3) is 1.82. The third-order valence-corrected chi connectivity index (χ3v) is 2.42. The molecule has 2 aromatic rings. The molecule has 0 atom stereocenters. The lowest BCUT2D eigenvalue weighted by molar-refractivity contribution is 0.740. The van der Waals surface area contributed by atoms with Crippen molar-refractivity contribution in [3.63, 3.8) is 0 Å². The topological polar surface area (TPSA) is 50.7 Å². The van der Waals surface area contributed by atoms with E-state index >= 15 is 0 Å². The molecule has 0 fully saturated rings. The van der Waals surface area contributed by atoms with Crippen LogP contribution in [0, 0.1) is 0 Å². The van der Waals surface area contributed by atoms with Crippen LogP contribution >= 0.6 is 0 Å². The Kier molecular flexibility index (Phi) is 2.72. The van der Waals surface area contributed by atoms with Gasteiger partial charge in [0.15, 0.2) is 0 Å². The van der Waals surface area contributed by atoms with Crippen molar-refractivity contribution in [2.45, 2.75) is 6.42 Å². The Bertz CT molecular complexity index is 566. The number of nitrogens with one attached hydrogen (secondary N) is 1. The number of aromatic nitrogens is 3. The zero-order valence-corrected chi connectivity index (χ0v) is 9.10. The lowest BCUT2D eigenvalue weighted by atomic mass is 10.1. The van der Waals surface area contributed by atoms with E-state index in [-0.39, 0.29) is 5.56 Å². The minimum absolute atomic E-state index is 0.0664. The van der Waals surface area contributed by atoms with Gasteiger partial charge in [-0.1, -0.05) is 6.08 Å². The van der Waals surface area contributed by atoms with Gasteiger partial charge in [-0.2, -0.15) is 0 Å². The summed E-state index contributed by atoms with van der Waals surface area (Å²) in [7, 11) is 1.68. The van der Waals surface area contributed by atoms with E-state index in [9.17, 15) is 4.79 Å². The van der Waals surface area contributed by atoms with Crippen LogP contribution in [0.2, 0.25) is 0 Å². The molecule has 4 heteroatoms. The Hall–Kier alpha value is -2.10. The molecule has 0 aliphatic rings. The molecule has 4 nitrogen and oxygen atoms in total. The molecule has 0 aliphatic carbocycles. The molecular formula is C12H13N3O. The van der Waals surface area contributed by atoms with Gasteiger partial charge in [0, 0.05) is 19.4 Å². The lowest BCUT2D eigenvalue weighted by Gasteiger charge is -1.99. The summed E-state index contributed by atoms with van der Waals surface area (Å²) in [4.78, 5) is 15.9. The summed E-state index contributed by atoms with van der Waals surface area (Å²) in [6.45, 7) is 3.69. The maximum absolute atomic E-state index is 11.7. The maximum atomic E-state index is 11.7. The summed E-state index contributed by atoms with van der Waals surface area (Å²) < 4.78 is 1.43. The molecule has 0 saturated carbocycles. The second-order valence-electron chi connectivity index (χ2n) is 3.59. The van der Waals surface area contributed by atoms with Crippen molar-refractivity contribution in [1.82, 2.24) is 14.8 Å². The predicted molar refractivity (Wildman–Crippen MR) is 63.2 cm³/mol. The van der Waals surface area contributed by atoms with Crippen LogP contribution in [0.1, 0.15) is 5.56 Å². The minimum atomic E-state index is -0.0664. The zero-order valence-electron chi connectivity index (χ0n) is 9.10. The average molecular weight is 215 g/mol. The quantitative estimate of drug-likeness (QED) is 0.789. The highest BCUT2D eigenvalue weighted by Crippen LogP contribution is 2.13. The number of aromatic amines is 1. The summed E-state index contributed by atoms with van der Waals surface area (Å²) in [5.41, 5.74) is 2.32. The average Bonchev–Trinajstić information content (AvgIpc) is 2.61. The Balaban J connectivity index is 2.48. The number of rotatable bonds is 3. The second-order valence-corrected chi connectivity index (χ2v) is 3.59. The van der Waals surface area contributed by atoms with Crippen LogP contribution in [0.4, 0.5) is 0 Å². The van der Waals surface area contributed by atoms with Crippen molar-refractivity contribution in [3.8, 4) is 11.3 Å². The summed E-state index contributed by atoms with van der Waals surface area (Å²) >= 11 is 0. The normalized spacial score (nSPS) is 10.3. The van der Waals surface area contributed by atoms with Gasteiger partial charge in [-0.25, -0.2) is 0 Å². The first-order valence-corrected chi connectivity index (χ1v) is 5.03. The molecule has 1 N–H and O–H groups in total. The first-order chi connectivity index (χ1) is 7.72. The summed E-state index contributed by atoms with van der Waals surface area (Å²) in [6, 6.07) is 3.83. The van der Waals surface area contributed by atoms with Gasteiger partial charge in [-0.05, 0) is 24.1 Å². The van der Waals surface area contributed by atoms with E-state index in [2.05, 4.69) is 16.7 Å². The van der Waals surface area contributed by atoms with Gasteiger partial charge in [0.05, 0.1) is 11.3 Å². The molecule has 0 bridgehead atoms. The van der Waals surface area contributed by atoms with Gasteiger partial charge in [0.1, 0.15) is 0 Å². The smallest absolute Gasteiger partial charge is 0.275 e. The molecule has 2 rings (SSSR count). The number of hydrogen-bond acceptors (Lipinski definition) is 2.